The minimum Gasteiger partial charge on any atom is -0.364 e. The van der Waals surface area contributed by atoms with Crippen molar-refractivity contribution >= 4 is 24.9 Å². The van der Waals surface area contributed by atoms with E-state index in [1.165, 1.54) is 4.57 Å². The maximum Gasteiger partial charge on any atom is 0.417 e. The van der Waals surface area contributed by atoms with Crippen molar-refractivity contribution in [3.63, 3.8) is 0 Å². The zero-order valence-electron chi connectivity index (χ0n) is 16.0. The first-order valence-electron chi connectivity index (χ1n) is 9.34. The molecular weight excluding hydrogens is 414 g/mol. The quantitative estimate of drug-likeness (QED) is 0.442. The van der Waals surface area contributed by atoms with E-state index in [2.05, 4.69) is 13.1 Å². The van der Waals surface area contributed by atoms with E-state index in [9.17, 15) is 31.1 Å². The van der Waals surface area contributed by atoms with Crippen molar-refractivity contribution in [3.05, 3.63) is 35.0 Å². The van der Waals surface area contributed by atoms with Gasteiger partial charge in [0.1, 0.15) is 5.69 Å². The fourth-order valence-electron chi connectivity index (χ4n) is 4.21. The topological polar surface area (TPSA) is 48.0 Å². The van der Waals surface area contributed by atoms with Crippen LogP contribution in [0.1, 0.15) is 46.9 Å². The van der Waals surface area contributed by atoms with Crippen molar-refractivity contribution in [2.75, 3.05) is 0 Å². The molecule has 2 N–H and O–H groups in total. The molecule has 3 rings (SSSR count). The van der Waals surface area contributed by atoms with Crippen LogP contribution in [0.15, 0.2) is 18.2 Å². The number of nitrogens with two attached hydrogens (primary N) is 1. The molecule has 1 atom stereocenters. The number of rotatable bonds is 2. The van der Waals surface area contributed by atoms with Crippen molar-refractivity contribution in [1.29, 1.82) is 0 Å². The van der Waals surface area contributed by atoms with Crippen molar-refractivity contribution in [1.82, 2.24) is 4.57 Å². The second-order valence-electron chi connectivity index (χ2n) is 8.46. The molecule has 0 saturated carbocycles. The summed E-state index contributed by atoms with van der Waals surface area (Å²) in [6, 6.07) is 3.31. The Morgan fingerprint density at radius 1 is 1.03 bits per heavy atom. The van der Waals surface area contributed by atoms with E-state index in [1.54, 1.807) is 0 Å². The molecule has 29 heavy (non-hydrogen) atoms. The van der Waals surface area contributed by atoms with Crippen LogP contribution in [0.3, 0.4) is 0 Å². The molecule has 160 valence electrons. The number of benzene rings is 1. The lowest BCUT2D eigenvalue weighted by atomic mass is 10.0. The summed E-state index contributed by atoms with van der Waals surface area (Å²) in [4.78, 5) is 12.0. The normalized spacial score (nSPS) is 20.6. The molecule has 1 aromatic heterocycles. The molecule has 1 fully saturated rings. The summed E-state index contributed by atoms with van der Waals surface area (Å²) >= 11 is 0. The molecule has 0 radical (unpaired) electrons. The first-order chi connectivity index (χ1) is 13.2. The number of carbonyl (C=O) groups is 1. The molecule has 1 unspecified atom stereocenters. The second-order valence-corrected chi connectivity index (χ2v) is 13.8. The third kappa shape index (κ3) is 4.31. The number of nitrogens with zero attached hydrogens (tertiary/aromatic N) is 1. The summed E-state index contributed by atoms with van der Waals surface area (Å²) < 4.78 is 81.9. The van der Waals surface area contributed by atoms with Crippen LogP contribution in [0, 0.1) is 0 Å². The number of carbonyl (C=O) groups excluding carboxylic acids is 1. The predicted octanol–water partition coefficient (Wildman–Crippen LogP) is 6.21. The van der Waals surface area contributed by atoms with E-state index >= 15 is 0 Å². The highest BCUT2D eigenvalue weighted by Gasteiger charge is 2.40. The smallest absolute Gasteiger partial charge is 0.364 e. The van der Waals surface area contributed by atoms with Gasteiger partial charge in [0.05, 0.1) is 16.6 Å². The Labute approximate surface area is 164 Å². The van der Waals surface area contributed by atoms with Crippen LogP contribution in [-0.4, -0.2) is 18.5 Å². The number of primary amides is 1. The SMILES string of the molecule is C[Si]1(C)CCCC(n2c(C(N)=O)cc3c(C(F)(F)F)cc(C(F)(F)F)cc32)CC1. The number of aromatic nitrogens is 1. The third-order valence-electron chi connectivity index (χ3n) is 5.75. The molecule has 0 spiro atoms. The largest absolute Gasteiger partial charge is 0.417 e. The lowest BCUT2D eigenvalue weighted by molar-refractivity contribution is -0.142. The molecular formula is C19H22F6N2OSi. The highest BCUT2D eigenvalue weighted by Crippen LogP contribution is 2.43. The summed E-state index contributed by atoms with van der Waals surface area (Å²) in [6.07, 6.45) is -7.96. The fraction of sp³-hybridized carbons (Fsp3) is 0.526. The van der Waals surface area contributed by atoms with Gasteiger partial charge >= 0.3 is 12.4 Å². The summed E-state index contributed by atoms with van der Waals surface area (Å²) in [7, 11) is -1.48. The van der Waals surface area contributed by atoms with Crippen molar-refractivity contribution in [3.8, 4) is 0 Å². The molecule has 1 aliphatic heterocycles. The molecule has 1 aliphatic rings. The molecule has 2 heterocycles. The van der Waals surface area contributed by atoms with Gasteiger partial charge in [0.15, 0.2) is 0 Å². The summed E-state index contributed by atoms with van der Waals surface area (Å²) in [6.45, 7) is 4.42. The van der Waals surface area contributed by atoms with Crippen molar-refractivity contribution in [2.45, 2.75) is 62.8 Å². The van der Waals surface area contributed by atoms with Crippen LogP contribution < -0.4 is 5.73 Å². The van der Waals surface area contributed by atoms with Crippen LogP contribution in [0.4, 0.5) is 26.3 Å². The number of amides is 1. The first kappa shape index (κ1) is 21.7. The van der Waals surface area contributed by atoms with Gasteiger partial charge in [0, 0.05) is 19.5 Å². The Morgan fingerprint density at radius 3 is 2.24 bits per heavy atom. The Bertz CT molecular complexity index is 945. The first-order valence-corrected chi connectivity index (χ1v) is 12.8. The van der Waals surface area contributed by atoms with E-state index in [0.717, 1.165) is 24.6 Å². The van der Waals surface area contributed by atoms with Crippen molar-refractivity contribution < 1.29 is 31.1 Å². The van der Waals surface area contributed by atoms with Gasteiger partial charge in [-0.1, -0.05) is 31.6 Å². The minimum atomic E-state index is -5.00. The number of hydrogen-bond acceptors (Lipinski definition) is 1. The maximum atomic E-state index is 13.5. The van der Waals surface area contributed by atoms with Gasteiger partial charge < -0.3 is 10.3 Å². The average Bonchev–Trinajstić information content (AvgIpc) is 2.85. The Morgan fingerprint density at radius 2 is 1.69 bits per heavy atom. The van der Waals surface area contributed by atoms with Crippen LogP contribution in [-0.2, 0) is 12.4 Å². The standard InChI is InChI=1S/C19H22F6N2OSi/c1-29(2)6-3-4-12(5-7-29)27-15-9-11(18(20,21)22)8-14(19(23,24)25)13(15)10-16(27)17(26)28/h8-10,12H,3-7H2,1-2H3,(H2,26,28). The number of fused-ring (bicyclic) bond motifs is 1. The van der Waals surface area contributed by atoms with Gasteiger partial charge in [-0.05, 0) is 31.0 Å². The zero-order valence-corrected chi connectivity index (χ0v) is 17.0. The van der Waals surface area contributed by atoms with Crippen LogP contribution in [0.25, 0.3) is 10.9 Å². The van der Waals surface area contributed by atoms with Crippen LogP contribution >= 0.6 is 0 Å². The van der Waals surface area contributed by atoms with Gasteiger partial charge in [-0.25, -0.2) is 0 Å². The summed E-state index contributed by atoms with van der Waals surface area (Å²) in [5.41, 5.74) is 2.18. The van der Waals surface area contributed by atoms with Crippen LogP contribution in [0.5, 0.6) is 0 Å². The monoisotopic (exact) mass is 436 g/mol. The molecule has 10 heteroatoms. The van der Waals surface area contributed by atoms with Gasteiger partial charge in [0.25, 0.3) is 5.91 Å². The van der Waals surface area contributed by atoms with Crippen molar-refractivity contribution in [2.24, 2.45) is 5.73 Å². The van der Waals surface area contributed by atoms with E-state index in [1.807, 2.05) is 0 Å². The number of hydrogen-bond donors (Lipinski definition) is 1. The predicted molar refractivity (Wildman–Crippen MR) is 100 cm³/mol. The molecule has 1 aromatic carbocycles. The lowest BCUT2D eigenvalue weighted by Gasteiger charge is -2.23. The number of halogens is 6. The van der Waals surface area contributed by atoms with E-state index in [4.69, 9.17) is 5.73 Å². The Kier molecular flexibility index (Phi) is 5.30. The number of alkyl halides is 6. The maximum absolute atomic E-state index is 13.5. The Hall–Kier alpha value is -1.97. The van der Waals surface area contributed by atoms with Gasteiger partial charge in [-0.15, -0.1) is 0 Å². The molecule has 1 amide bonds. The minimum absolute atomic E-state index is 0.0978. The lowest BCUT2D eigenvalue weighted by Crippen LogP contribution is -2.24. The Balaban J connectivity index is 2.30. The second kappa shape index (κ2) is 7.07. The van der Waals surface area contributed by atoms with Gasteiger partial charge in [0.2, 0.25) is 0 Å². The van der Waals surface area contributed by atoms with Gasteiger partial charge in [-0.3, -0.25) is 4.79 Å². The molecule has 1 saturated heterocycles. The molecule has 2 aromatic rings. The zero-order chi connectivity index (χ0) is 21.8. The molecule has 0 aliphatic carbocycles. The molecule has 0 bridgehead atoms. The molecule has 3 nitrogen and oxygen atoms in total. The average molecular weight is 436 g/mol. The van der Waals surface area contributed by atoms with E-state index in [-0.39, 0.29) is 23.3 Å². The fourth-order valence-corrected chi connectivity index (χ4v) is 6.73. The highest BCUT2D eigenvalue weighted by atomic mass is 28.3. The van der Waals surface area contributed by atoms with E-state index in [0.29, 0.717) is 18.9 Å². The summed E-state index contributed by atoms with van der Waals surface area (Å²) in [5.74, 6) is -0.955. The van der Waals surface area contributed by atoms with Crippen LogP contribution in [0.2, 0.25) is 25.2 Å². The summed E-state index contributed by atoms with van der Waals surface area (Å²) in [5, 5.41) is -0.431. The van der Waals surface area contributed by atoms with E-state index < -0.39 is 42.8 Å². The highest BCUT2D eigenvalue weighted by molar-refractivity contribution is 6.77. The third-order valence-corrected chi connectivity index (χ3v) is 9.10. The van der Waals surface area contributed by atoms with Gasteiger partial charge in [-0.2, -0.15) is 26.3 Å².